The number of ketones is 2. The molecule has 0 spiro atoms. The maximum absolute atomic E-state index is 13.7. The summed E-state index contributed by atoms with van der Waals surface area (Å²) < 4.78 is 10.4. The normalized spacial score (nSPS) is 18.9. The van der Waals surface area contributed by atoms with Gasteiger partial charge in [-0.25, -0.2) is 0 Å². The predicted octanol–water partition coefficient (Wildman–Crippen LogP) is 5.95. The van der Waals surface area contributed by atoms with Crippen molar-refractivity contribution in [2.24, 2.45) is 10.8 Å². The van der Waals surface area contributed by atoms with Crippen LogP contribution in [0.5, 0.6) is 0 Å². The minimum absolute atomic E-state index is 0.0695. The summed E-state index contributed by atoms with van der Waals surface area (Å²) in [4.78, 5) is 54.3. The smallest absolute Gasteiger partial charge is 0.220 e. The van der Waals surface area contributed by atoms with Crippen LogP contribution in [0.1, 0.15) is 108 Å². The van der Waals surface area contributed by atoms with Gasteiger partial charge in [0.05, 0.1) is 37.5 Å². The molecule has 0 saturated heterocycles. The maximum Gasteiger partial charge on any atom is 0.220 e. The van der Waals surface area contributed by atoms with Crippen LogP contribution < -0.4 is 31.9 Å². The molecule has 0 radical (unpaired) electrons. The van der Waals surface area contributed by atoms with Gasteiger partial charge in [0, 0.05) is 98.7 Å². The van der Waals surface area contributed by atoms with Crippen molar-refractivity contribution < 1.29 is 38.9 Å². The Morgan fingerprint density at radius 1 is 0.603 bits per heavy atom. The number of Topliss-reactive ketones (excluding diaryl/α,β-unsaturated/α-hetero) is 2. The third-order valence-electron chi connectivity index (χ3n) is 13.2. The lowest BCUT2D eigenvalue weighted by molar-refractivity contribution is -0.128. The van der Waals surface area contributed by atoms with Crippen LogP contribution in [0.15, 0.2) is 97.1 Å². The van der Waals surface area contributed by atoms with E-state index in [-0.39, 0.29) is 49.6 Å². The van der Waals surface area contributed by atoms with Crippen LogP contribution in [0.25, 0.3) is 0 Å². The van der Waals surface area contributed by atoms with Gasteiger partial charge < -0.3 is 51.6 Å². The number of nitrogens with one attached hydrogen (secondary N) is 6. The summed E-state index contributed by atoms with van der Waals surface area (Å²) >= 11 is 0. The standard InChI is InChI=1S/C54H72N6O8/c1-53(2)31-45(41-29-37(55-23-25-67-5)17-19-39(41)51(53)65)57-33-47(61)43(27-35-13-9-7-10-14-35)59-49(63)21-22-50(64)60-44(28-36-15-11-8-12-16-36)48(62)34-58-46-32-54(3,4)52(66)40-20-18-38(30-42(40)46)56-24-26-68-6/h7-20,29-30,43-48,55-58,61-62H,21-28,31-34H2,1-6H3,(H,59,63)(H,60,64)/t43-,44-,45-,46+,47-,48-/m0/s1. The van der Waals surface area contributed by atoms with Crippen molar-refractivity contribution in [2.75, 3.05) is 64.2 Å². The molecule has 2 aliphatic carbocycles. The average molecular weight is 933 g/mol. The van der Waals surface area contributed by atoms with E-state index in [4.69, 9.17) is 9.47 Å². The van der Waals surface area contributed by atoms with Gasteiger partial charge in [-0.05, 0) is 84.3 Å². The Labute approximate surface area is 401 Å². The van der Waals surface area contributed by atoms with Gasteiger partial charge in [-0.1, -0.05) is 88.4 Å². The molecule has 0 aliphatic heterocycles. The number of anilines is 2. The first-order valence-electron chi connectivity index (χ1n) is 23.9. The zero-order valence-corrected chi connectivity index (χ0v) is 40.5. The van der Waals surface area contributed by atoms with Crippen LogP contribution in [0.3, 0.4) is 0 Å². The minimum atomic E-state index is -1.02. The van der Waals surface area contributed by atoms with Gasteiger partial charge in [-0.3, -0.25) is 19.2 Å². The first-order chi connectivity index (χ1) is 32.6. The number of carbonyl (C=O) groups is 4. The second-order valence-corrected chi connectivity index (χ2v) is 19.6. The highest BCUT2D eigenvalue weighted by atomic mass is 16.5. The first kappa shape index (κ1) is 51.9. The fraction of sp³-hybridized carbons (Fsp3) is 0.481. The molecular weight excluding hydrogens is 861 g/mol. The molecule has 68 heavy (non-hydrogen) atoms. The highest BCUT2D eigenvalue weighted by Crippen LogP contribution is 2.43. The third-order valence-corrected chi connectivity index (χ3v) is 13.2. The van der Waals surface area contributed by atoms with Gasteiger partial charge in [0.1, 0.15) is 0 Å². The van der Waals surface area contributed by atoms with E-state index in [1.807, 2.05) is 125 Å². The summed E-state index contributed by atoms with van der Waals surface area (Å²) in [6, 6.07) is 28.8. The van der Waals surface area contributed by atoms with Gasteiger partial charge in [0.2, 0.25) is 11.8 Å². The number of hydrogen-bond donors (Lipinski definition) is 8. The maximum atomic E-state index is 13.7. The van der Waals surface area contributed by atoms with Gasteiger partial charge in [0.25, 0.3) is 0 Å². The Bertz CT molecular complexity index is 2150. The molecule has 0 heterocycles. The predicted molar refractivity (Wildman–Crippen MR) is 266 cm³/mol. The molecule has 14 heteroatoms. The van der Waals surface area contributed by atoms with Crippen LogP contribution in [0.2, 0.25) is 0 Å². The molecule has 0 bridgehead atoms. The zero-order chi connectivity index (χ0) is 48.8. The number of carbonyl (C=O) groups excluding carboxylic acids is 4. The number of aliphatic hydroxyl groups is 2. The fourth-order valence-electron chi connectivity index (χ4n) is 9.35. The Balaban J connectivity index is 1.10. The molecule has 8 N–H and O–H groups in total. The summed E-state index contributed by atoms with van der Waals surface area (Å²) in [5.74, 6) is -0.652. The number of hydrogen-bond acceptors (Lipinski definition) is 12. The Morgan fingerprint density at radius 3 is 1.35 bits per heavy atom. The molecule has 366 valence electrons. The van der Waals surface area contributed by atoms with Crippen molar-refractivity contribution in [1.82, 2.24) is 21.3 Å². The van der Waals surface area contributed by atoms with Crippen LogP contribution in [0.4, 0.5) is 11.4 Å². The number of aliphatic hydroxyl groups excluding tert-OH is 2. The van der Waals surface area contributed by atoms with Crippen LogP contribution >= 0.6 is 0 Å². The van der Waals surface area contributed by atoms with Gasteiger partial charge in [0.15, 0.2) is 11.6 Å². The molecule has 0 fully saturated rings. The summed E-state index contributed by atoms with van der Waals surface area (Å²) in [6.45, 7) is 10.3. The Kier molecular flexibility index (Phi) is 18.5. The second-order valence-electron chi connectivity index (χ2n) is 19.6. The van der Waals surface area contributed by atoms with E-state index >= 15 is 0 Å². The molecule has 4 aromatic rings. The second kappa shape index (κ2) is 24.2. The number of benzene rings is 4. The number of methoxy groups -OCH3 is 2. The third kappa shape index (κ3) is 14.1. The molecule has 4 aromatic carbocycles. The van der Waals surface area contributed by atoms with Gasteiger partial charge in [-0.15, -0.1) is 0 Å². The molecular formula is C54H72N6O8. The van der Waals surface area contributed by atoms with Gasteiger partial charge in [-0.2, -0.15) is 0 Å². The summed E-state index contributed by atoms with van der Waals surface area (Å²) in [7, 11) is 3.29. The van der Waals surface area contributed by atoms with E-state index in [0.29, 0.717) is 63.1 Å². The van der Waals surface area contributed by atoms with Crippen molar-refractivity contribution in [3.8, 4) is 0 Å². The van der Waals surface area contributed by atoms with E-state index in [1.165, 1.54) is 0 Å². The number of amides is 2. The van der Waals surface area contributed by atoms with E-state index in [1.54, 1.807) is 14.2 Å². The van der Waals surface area contributed by atoms with E-state index in [2.05, 4.69) is 31.9 Å². The van der Waals surface area contributed by atoms with Crippen molar-refractivity contribution in [2.45, 2.75) is 103 Å². The summed E-state index contributed by atoms with van der Waals surface area (Å²) in [5.41, 5.74) is 5.32. The minimum Gasteiger partial charge on any atom is -0.390 e. The summed E-state index contributed by atoms with van der Waals surface area (Å²) in [5, 5.41) is 43.3. The molecule has 2 amide bonds. The highest BCUT2D eigenvalue weighted by Gasteiger charge is 2.41. The topological polar surface area (TPSA) is 199 Å². The van der Waals surface area contributed by atoms with Gasteiger partial charge >= 0.3 is 0 Å². The van der Waals surface area contributed by atoms with Crippen molar-refractivity contribution in [3.05, 3.63) is 130 Å². The monoisotopic (exact) mass is 933 g/mol. The number of ether oxygens (including phenoxy) is 2. The lowest BCUT2D eigenvalue weighted by Gasteiger charge is -2.37. The van der Waals surface area contributed by atoms with E-state index in [9.17, 15) is 29.4 Å². The first-order valence-corrected chi connectivity index (χ1v) is 23.9. The molecule has 0 saturated carbocycles. The Morgan fingerprint density at radius 2 is 0.985 bits per heavy atom. The van der Waals surface area contributed by atoms with Crippen molar-refractivity contribution in [3.63, 3.8) is 0 Å². The van der Waals surface area contributed by atoms with E-state index < -0.39 is 46.9 Å². The molecule has 6 atom stereocenters. The molecule has 14 nitrogen and oxygen atoms in total. The quantitative estimate of drug-likeness (QED) is 0.0365. The van der Waals surface area contributed by atoms with E-state index in [0.717, 1.165) is 33.6 Å². The molecule has 6 rings (SSSR count). The fourth-order valence-corrected chi connectivity index (χ4v) is 9.35. The van der Waals surface area contributed by atoms with Crippen molar-refractivity contribution in [1.29, 1.82) is 0 Å². The molecule has 2 aliphatic rings. The van der Waals surface area contributed by atoms with Crippen LogP contribution in [-0.4, -0.2) is 111 Å². The number of fused-ring (bicyclic) bond motifs is 2. The number of rotatable bonds is 25. The Hall–Kier alpha value is -5.48. The lowest BCUT2D eigenvalue weighted by Crippen LogP contribution is -2.51. The SMILES string of the molecule is COCCNc1ccc2c(c1)[C@@H](NC[C@H](O)[C@H](Cc1ccccc1)NC(=O)CCC(=O)N[C@@H](Cc1ccccc1)[C@@H](O)CN[C@@H]1CC(C)(C)C(=O)c3ccc(NCCOC)cc31)CC(C)(C)C2=O. The van der Waals surface area contributed by atoms with Crippen LogP contribution in [0, 0.1) is 10.8 Å². The van der Waals surface area contributed by atoms with Crippen molar-refractivity contribution >= 4 is 34.8 Å². The highest BCUT2D eigenvalue weighted by molar-refractivity contribution is 6.03. The zero-order valence-electron chi connectivity index (χ0n) is 40.5. The molecule has 0 unspecified atom stereocenters. The average Bonchev–Trinajstić information content (AvgIpc) is 3.32. The molecule has 0 aromatic heterocycles. The van der Waals surface area contributed by atoms with Crippen LogP contribution in [-0.2, 0) is 31.9 Å². The summed E-state index contributed by atoms with van der Waals surface area (Å²) in [6.07, 6.45) is -0.573. The largest absolute Gasteiger partial charge is 0.390 e. The lowest BCUT2D eigenvalue weighted by atomic mass is 9.70.